The molecule has 0 radical (unpaired) electrons. The van der Waals surface area contributed by atoms with Crippen LogP contribution in [-0.4, -0.2) is 11.7 Å². The summed E-state index contributed by atoms with van der Waals surface area (Å²) in [6, 6.07) is 12.8. The standard InChI is InChI=1S/C15H15Cl2NO/c16-13-7-12(8-14(17)9-13)10-18-6-5-11-1-3-15(19)4-2-11/h1-4,7-9,18-19H,5-6,10H2. The van der Waals surface area contributed by atoms with Gasteiger partial charge in [-0.25, -0.2) is 0 Å². The van der Waals surface area contributed by atoms with Crippen molar-refractivity contribution in [2.24, 2.45) is 0 Å². The number of phenols is 1. The van der Waals surface area contributed by atoms with E-state index >= 15 is 0 Å². The van der Waals surface area contributed by atoms with Gasteiger partial charge in [0.2, 0.25) is 0 Å². The number of aromatic hydroxyl groups is 1. The summed E-state index contributed by atoms with van der Waals surface area (Å²) in [6.07, 6.45) is 0.911. The van der Waals surface area contributed by atoms with E-state index in [4.69, 9.17) is 23.2 Å². The molecular weight excluding hydrogens is 281 g/mol. The Morgan fingerprint density at radius 2 is 1.53 bits per heavy atom. The summed E-state index contributed by atoms with van der Waals surface area (Å²) >= 11 is 11.9. The first-order chi connectivity index (χ1) is 9.13. The van der Waals surface area contributed by atoms with E-state index in [0.717, 1.165) is 25.1 Å². The minimum atomic E-state index is 0.297. The lowest BCUT2D eigenvalue weighted by molar-refractivity contribution is 0.475. The topological polar surface area (TPSA) is 32.3 Å². The van der Waals surface area contributed by atoms with Gasteiger partial charge < -0.3 is 10.4 Å². The molecule has 100 valence electrons. The molecule has 2 nitrogen and oxygen atoms in total. The van der Waals surface area contributed by atoms with Crippen molar-refractivity contribution in [1.82, 2.24) is 5.32 Å². The fraction of sp³-hybridized carbons (Fsp3) is 0.200. The van der Waals surface area contributed by atoms with Crippen molar-refractivity contribution >= 4 is 23.2 Å². The third-order valence-corrected chi connectivity index (χ3v) is 3.21. The van der Waals surface area contributed by atoms with E-state index in [1.165, 1.54) is 5.56 Å². The highest BCUT2D eigenvalue weighted by Gasteiger charge is 1.98. The molecule has 2 aromatic carbocycles. The van der Waals surface area contributed by atoms with E-state index in [1.807, 2.05) is 24.3 Å². The van der Waals surface area contributed by atoms with E-state index < -0.39 is 0 Å². The third-order valence-electron chi connectivity index (χ3n) is 2.78. The van der Waals surface area contributed by atoms with Crippen molar-refractivity contribution in [2.45, 2.75) is 13.0 Å². The van der Waals surface area contributed by atoms with Crippen LogP contribution >= 0.6 is 23.2 Å². The lowest BCUT2D eigenvalue weighted by Crippen LogP contribution is -2.16. The van der Waals surface area contributed by atoms with Crippen LogP contribution in [0.25, 0.3) is 0 Å². The minimum absolute atomic E-state index is 0.297. The second-order valence-corrected chi connectivity index (χ2v) is 5.24. The van der Waals surface area contributed by atoms with E-state index in [-0.39, 0.29) is 0 Å². The van der Waals surface area contributed by atoms with Crippen molar-refractivity contribution in [1.29, 1.82) is 0 Å². The molecule has 0 aliphatic heterocycles. The summed E-state index contributed by atoms with van der Waals surface area (Å²) in [4.78, 5) is 0. The molecule has 2 aromatic rings. The van der Waals surface area contributed by atoms with Crippen molar-refractivity contribution in [3.63, 3.8) is 0 Å². The molecule has 0 fully saturated rings. The number of nitrogens with one attached hydrogen (secondary N) is 1. The molecule has 0 saturated heterocycles. The highest BCUT2D eigenvalue weighted by Crippen LogP contribution is 2.18. The van der Waals surface area contributed by atoms with Crippen LogP contribution in [0.5, 0.6) is 5.75 Å². The Morgan fingerprint density at radius 1 is 0.895 bits per heavy atom. The second kappa shape index (κ2) is 6.80. The monoisotopic (exact) mass is 295 g/mol. The van der Waals surface area contributed by atoms with Gasteiger partial charge in [-0.05, 0) is 54.4 Å². The molecule has 0 spiro atoms. The van der Waals surface area contributed by atoms with Gasteiger partial charge in [0.1, 0.15) is 5.75 Å². The van der Waals surface area contributed by atoms with Crippen LogP contribution in [0.2, 0.25) is 10.0 Å². The maximum atomic E-state index is 9.19. The Hall–Kier alpha value is -1.22. The normalized spacial score (nSPS) is 10.6. The summed E-state index contributed by atoms with van der Waals surface area (Å²) < 4.78 is 0. The number of phenolic OH excluding ortho intramolecular Hbond substituents is 1. The van der Waals surface area contributed by atoms with Crippen molar-refractivity contribution < 1.29 is 5.11 Å². The zero-order valence-corrected chi connectivity index (χ0v) is 11.9. The van der Waals surface area contributed by atoms with Crippen LogP contribution in [0.1, 0.15) is 11.1 Å². The lowest BCUT2D eigenvalue weighted by Gasteiger charge is -2.06. The Morgan fingerprint density at radius 3 is 2.16 bits per heavy atom. The second-order valence-electron chi connectivity index (χ2n) is 4.37. The maximum Gasteiger partial charge on any atom is 0.115 e. The average Bonchev–Trinajstić information content (AvgIpc) is 2.36. The quantitative estimate of drug-likeness (QED) is 0.816. The molecular formula is C15H15Cl2NO. The lowest BCUT2D eigenvalue weighted by atomic mass is 10.1. The Balaban J connectivity index is 1.79. The van der Waals surface area contributed by atoms with Crippen LogP contribution in [0.4, 0.5) is 0 Å². The Kier molecular flexibility index (Phi) is 5.08. The summed E-state index contributed by atoms with van der Waals surface area (Å²) in [6.45, 7) is 1.59. The van der Waals surface area contributed by atoms with E-state index in [9.17, 15) is 5.11 Å². The van der Waals surface area contributed by atoms with Crippen LogP contribution in [0.3, 0.4) is 0 Å². The highest BCUT2D eigenvalue weighted by molar-refractivity contribution is 6.34. The minimum Gasteiger partial charge on any atom is -0.508 e. The van der Waals surface area contributed by atoms with Gasteiger partial charge in [0, 0.05) is 16.6 Å². The predicted octanol–water partition coefficient (Wildman–Crippen LogP) is 4.03. The number of halogens is 2. The van der Waals surface area contributed by atoms with Gasteiger partial charge in [-0.1, -0.05) is 35.3 Å². The molecule has 0 heterocycles. The summed E-state index contributed by atoms with van der Waals surface area (Å²) in [5.41, 5.74) is 2.26. The fourth-order valence-corrected chi connectivity index (χ4v) is 2.41. The van der Waals surface area contributed by atoms with Crippen LogP contribution in [0.15, 0.2) is 42.5 Å². The van der Waals surface area contributed by atoms with Gasteiger partial charge >= 0.3 is 0 Å². The number of hydrogen-bond donors (Lipinski definition) is 2. The smallest absolute Gasteiger partial charge is 0.115 e. The summed E-state index contributed by atoms with van der Waals surface area (Å²) in [5, 5.41) is 13.8. The number of rotatable bonds is 5. The Bertz CT molecular complexity index is 520. The molecule has 0 atom stereocenters. The maximum absolute atomic E-state index is 9.19. The van der Waals surface area contributed by atoms with Gasteiger partial charge in [0.25, 0.3) is 0 Å². The molecule has 0 bridgehead atoms. The van der Waals surface area contributed by atoms with Crippen LogP contribution in [0, 0.1) is 0 Å². The first-order valence-electron chi connectivity index (χ1n) is 6.07. The first kappa shape index (κ1) is 14.2. The van der Waals surface area contributed by atoms with Gasteiger partial charge in [0.15, 0.2) is 0 Å². The number of hydrogen-bond acceptors (Lipinski definition) is 2. The molecule has 0 aromatic heterocycles. The molecule has 2 rings (SSSR count). The van der Waals surface area contributed by atoms with Crippen molar-refractivity contribution in [2.75, 3.05) is 6.54 Å². The molecule has 2 N–H and O–H groups in total. The molecule has 0 aliphatic rings. The predicted molar refractivity (Wildman–Crippen MR) is 80.0 cm³/mol. The fourth-order valence-electron chi connectivity index (χ4n) is 1.84. The molecule has 0 unspecified atom stereocenters. The van der Waals surface area contributed by atoms with Crippen molar-refractivity contribution in [3.8, 4) is 5.75 Å². The van der Waals surface area contributed by atoms with E-state index in [2.05, 4.69) is 5.32 Å². The third kappa shape index (κ3) is 4.75. The van der Waals surface area contributed by atoms with Gasteiger partial charge in [-0.2, -0.15) is 0 Å². The summed E-state index contributed by atoms with van der Waals surface area (Å²) in [5.74, 6) is 0.297. The zero-order valence-electron chi connectivity index (χ0n) is 10.4. The van der Waals surface area contributed by atoms with Gasteiger partial charge in [-0.3, -0.25) is 0 Å². The van der Waals surface area contributed by atoms with Crippen LogP contribution < -0.4 is 5.32 Å². The largest absolute Gasteiger partial charge is 0.508 e. The number of benzene rings is 2. The Labute approximate surface area is 123 Å². The highest BCUT2D eigenvalue weighted by atomic mass is 35.5. The van der Waals surface area contributed by atoms with Crippen molar-refractivity contribution in [3.05, 3.63) is 63.6 Å². The van der Waals surface area contributed by atoms with E-state index in [0.29, 0.717) is 15.8 Å². The average molecular weight is 296 g/mol. The summed E-state index contributed by atoms with van der Waals surface area (Å²) in [7, 11) is 0. The molecule has 4 heteroatoms. The molecule has 0 amide bonds. The molecule has 0 saturated carbocycles. The van der Waals surface area contributed by atoms with Gasteiger partial charge in [-0.15, -0.1) is 0 Å². The van der Waals surface area contributed by atoms with Crippen LogP contribution in [-0.2, 0) is 13.0 Å². The molecule has 19 heavy (non-hydrogen) atoms. The van der Waals surface area contributed by atoms with Gasteiger partial charge in [0.05, 0.1) is 0 Å². The first-order valence-corrected chi connectivity index (χ1v) is 6.83. The molecule has 0 aliphatic carbocycles. The SMILES string of the molecule is Oc1ccc(CCNCc2cc(Cl)cc(Cl)c2)cc1. The zero-order chi connectivity index (χ0) is 13.7. The van der Waals surface area contributed by atoms with E-state index in [1.54, 1.807) is 18.2 Å².